The molecule has 0 aliphatic heterocycles. The van der Waals surface area contributed by atoms with Crippen molar-refractivity contribution in [3.05, 3.63) is 28.8 Å². The highest BCUT2D eigenvalue weighted by atomic mass is 32.2. The Morgan fingerprint density at radius 1 is 1.32 bits per heavy atom. The van der Waals surface area contributed by atoms with Crippen LogP contribution in [0.5, 0.6) is 0 Å². The van der Waals surface area contributed by atoms with Gasteiger partial charge in [-0.05, 0) is 42.8 Å². The fraction of sp³-hybridized carbons (Fsp3) is 0.417. The summed E-state index contributed by atoms with van der Waals surface area (Å²) in [6.07, 6.45) is 0. The molecule has 0 atom stereocenters. The monoisotopic (exact) mass is 292 g/mol. The Bertz CT molecular complexity index is 475. The molecule has 1 rings (SSSR count). The summed E-state index contributed by atoms with van der Waals surface area (Å²) in [5, 5.41) is 2.44. The van der Waals surface area contributed by atoms with E-state index in [1.807, 2.05) is 6.92 Å². The number of hydrogen-bond donors (Lipinski definition) is 2. The molecule has 3 N–H and O–H groups in total. The topological polar surface area (TPSA) is 55.1 Å². The quantitative estimate of drug-likeness (QED) is 0.663. The lowest BCUT2D eigenvalue weighted by Crippen LogP contribution is -2.27. The number of nitrogen functional groups attached to an aromatic ring is 1. The molecule has 1 amide bonds. The molecule has 3 nitrogen and oxygen atoms in total. The second-order valence-electron chi connectivity index (χ2n) is 4.07. The van der Waals surface area contributed by atoms with Crippen LogP contribution in [-0.4, -0.2) is 23.7 Å². The van der Waals surface area contributed by atoms with Crippen LogP contribution in [0.3, 0.4) is 0 Å². The number of carbonyl (C=O) groups excluding carboxylic acids is 1. The van der Waals surface area contributed by atoms with Crippen LogP contribution in [0.25, 0.3) is 0 Å². The van der Waals surface area contributed by atoms with Crippen molar-refractivity contribution in [3.63, 3.8) is 0 Å². The predicted octanol–water partition coefficient (Wildman–Crippen LogP) is 2.87. The largest absolute Gasteiger partial charge is 0.441 e. The van der Waals surface area contributed by atoms with Crippen molar-refractivity contribution in [2.75, 3.05) is 18.0 Å². The molecule has 0 saturated carbocycles. The number of anilines is 1. The molecule has 0 bridgehead atoms. The third-order valence-electron chi connectivity index (χ3n) is 2.51. The lowest BCUT2D eigenvalue weighted by Gasteiger charge is -2.10. The normalized spacial score (nSPS) is 11.4. The van der Waals surface area contributed by atoms with Gasteiger partial charge in [0.2, 0.25) is 0 Å². The Morgan fingerprint density at radius 3 is 2.53 bits per heavy atom. The minimum atomic E-state index is -4.27. The fourth-order valence-electron chi connectivity index (χ4n) is 1.54. The molecule has 19 heavy (non-hydrogen) atoms. The van der Waals surface area contributed by atoms with Crippen LogP contribution in [0.4, 0.5) is 18.9 Å². The first-order valence-corrected chi connectivity index (χ1v) is 6.55. The molecular weight excluding hydrogens is 277 g/mol. The van der Waals surface area contributed by atoms with Gasteiger partial charge in [-0.2, -0.15) is 13.2 Å². The number of amides is 1. The Labute approximate surface area is 113 Å². The maximum absolute atomic E-state index is 11.9. The highest BCUT2D eigenvalue weighted by Gasteiger charge is 2.27. The molecule has 0 aliphatic carbocycles. The van der Waals surface area contributed by atoms with Gasteiger partial charge < -0.3 is 11.1 Å². The number of alkyl halides is 3. The first kappa shape index (κ1) is 15.7. The van der Waals surface area contributed by atoms with E-state index < -0.39 is 11.4 Å². The summed E-state index contributed by atoms with van der Waals surface area (Å²) in [6.45, 7) is 3.53. The van der Waals surface area contributed by atoms with Crippen LogP contribution in [0.1, 0.15) is 21.5 Å². The van der Waals surface area contributed by atoms with Crippen molar-refractivity contribution in [1.29, 1.82) is 0 Å². The molecule has 106 valence electrons. The van der Waals surface area contributed by atoms with Gasteiger partial charge in [-0.15, -0.1) is 0 Å². The van der Waals surface area contributed by atoms with Crippen LogP contribution in [-0.2, 0) is 0 Å². The molecule has 0 spiro atoms. The van der Waals surface area contributed by atoms with E-state index in [0.717, 1.165) is 11.1 Å². The van der Waals surface area contributed by atoms with Gasteiger partial charge in [-0.3, -0.25) is 4.79 Å². The van der Waals surface area contributed by atoms with Crippen LogP contribution >= 0.6 is 11.8 Å². The number of carbonyl (C=O) groups is 1. The Kier molecular flexibility index (Phi) is 5.11. The number of aryl methyl sites for hydroxylation is 2. The van der Waals surface area contributed by atoms with Gasteiger partial charge in [0.05, 0.1) is 0 Å². The third-order valence-corrected chi connectivity index (χ3v) is 3.25. The van der Waals surface area contributed by atoms with Crippen molar-refractivity contribution in [2.24, 2.45) is 0 Å². The molecule has 0 aliphatic rings. The molecule has 1 aromatic rings. The summed E-state index contributed by atoms with van der Waals surface area (Å²) >= 11 is -0.159. The van der Waals surface area contributed by atoms with E-state index in [1.165, 1.54) is 6.07 Å². The van der Waals surface area contributed by atoms with E-state index in [9.17, 15) is 18.0 Å². The average molecular weight is 292 g/mol. The number of halogens is 3. The second kappa shape index (κ2) is 6.18. The Morgan fingerprint density at radius 2 is 1.95 bits per heavy atom. The number of benzene rings is 1. The molecular formula is C12H15F3N2OS. The van der Waals surface area contributed by atoms with Crippen LogP contribution in [0.15, 0.2) is 12.1 Å². The molecule has 1 aromatic carbocycles. The highest BCUT2D eigenvalue weighted by Crippen LogP contribution is 2.29. The Hall–Kier alpha value is -1.37. The number of nitrogens with two attached hydrogens (primary N) is 1. The molecule has 0 fully saturated rings. The van der Waals surface area contributed by atoms with Crippen molar-refractivity contribution in [2.45, 2.75) is 19.4 Å². The molecule has 0 saturated heterocycles. The van der Waals surface area contributed by atoms with E-state index in [1.54, 1.807) is 13.0 Å². The first-order valence-electron chi connectivity index (χ1n) is 5.56. The smallest absolute Gasteiger partial charge is 0.398 e. The summed E-state index contributed by atoms with van der Waals surface area (Å²) < 4.78 is 35.7. The summed E-state index contributed by atoms with van der Waals surface area (Å²) in [5.74, 6) is -0.623. The lowest BCUT2D eigenvalue weighted by atomic mass is 10.0. The predicted molar refractivity (Wildman–Crippen MR) is 71.2 cm³/mol. The van der Waals surface area contributed by atoms with E-state index >= 15 is 0 Å². The summed E-state index contributed by atoms with van der Waals surface area (Å²) in [6, 6.07) is 3.31. The maximum Gasteiger partial charge on any atom is 0.441 e. The van der Waals surface area contributed by atoms with Crippen molar-refractivity contribution in [3.8, 4) is 0 Å². The molecule has 0 unspecified atom stereocenters. The Balaban J connectivity index is 2.57. The zero-order valence-electron chi connectivity index (χ0n) is 10.6. The minimum absolute atomic E-state index is 0.0454. The van der Waals surface area contributed by atoms with Gasteiger partial charge in [-0.1, -0.05) is 6.07 Å². The van der Waals surface area contributed by atoms with Crippen LogP contribution in [0, 0.1) is 13.8 Å². The van der Waals surface area contributed by atoms with Crippen molar-refractivity contribution < 1.29 is 18.0 Å². The third kappa shape index (κ3) is 5.02. The zero-order valence-corrected chi connectivity index (χ0v) is 11.4. The van der Waals surface area contributed by atoms with Gasteiger partial charge in [0.25, 0.3) is 5.91 Å². The lowest BCUT2D eigenvalue weighted by molar-refractivity contribution is -0.0327. The second-order valence-corrected chi connectivity index (χ2v) is 5.23. The van der Waals surface area contributed by atoms with E-state index in [4.69, 9.17) is 5.73 Å². The molecule has 0 heterocycles. The fourth-order valence-corrected chi connectivity index (χ4v) is 1.98. The number of hydrogen-bond acceptors (Lipinski definition) is 3. The van der Waals surface area contributed by atoms with Crippen molar-refractivity contribution >= 4 is 23.4 Å². The number of thioether (sulfide) groups is 1. The molecule has 0 aromatic heterocycles. The van der Waals surface area contributed by atoms with Crippen LogP contribution < -0.4 is 11.1 Å². The van der Waals surface area contributed by atoms with Gasteiger partial charge in [0.15, 0.2) is 0 Å². The summed E-state index contributed by atoms with van der Waals surface area (Å²) in [5.41, 5.74) is 3.92. The van der Waals surface area contributed by atoms with Gasteiger partial charge in [0.1, 0.15) is 0 Å². The first-order chi connectivity index (χ1) is 8.70. The van der Waals surface area contributed by atoms with Crippen molar-refractivity contribution in [1.82, 2.24) is 5.32 Å². The van der Waals surface area contributed by atoms with E-state index in [-0.39, 0.29) is 24.1 Å². The maximum atomic E-state index is 11.9. The SMILES string of the molecule is Cc1cc(C)c(C(=O)NCCSC(F)(F)F)cc1N. The van der Waals surface area contributed by atoms with E-state index in [2.05, 4.69) is 5.32 Å². The molecule has 7 heteroatoms. The summed E-state index contributed by atoms with van der Waals surface area (Å²) in [7, 11) is 0. The van der Waals surface area contributed by atoms with Gasteiger partial charge in [0, 0.05) is 23.5 Å². The minimum Gasteiger partial charge on any atom is -0.398 e. The van der Waals surface area contributed by atoms with E-state index in [0.29, 0.717) is 11.3 Å². The zero-order chi connectivity index (χ0) is 14.6. The number of rotatable bonds is 4. The standard InChI is InChI=1S/C12H15F3N2OS/c1-7-5-8(2)10(16)6-9(7)11(18)17-3-4-19-12(13,14)15/h5-6H,3-4,16H2,1-2H3,(H,17,18). The van der Waals surface area contributed by atoms with Gasteiger partial charge >= 0.3 is 5.51 Å². The summed E-state index contributed by atoms with van der Waals surface area (Å²) in [4.78, 5) is 11.8. The number of nitrogens with one attached hydrogen (secondary N) is 1. The van der Waals surface area contributed by atoms with Gasteiger partial charge in [-0.25, -0.2) is 0 Å². The molecule has 0 radical (unpaired) electrons. The average Bonchev–Trinajstić information content (AvgIpc) is 2.28. The van der Waals surface area contributed by atoms with Crippen LogP contribution in [0.2, 0.25) is 0 Å². The highest BCUT2D eigenvalue weighted by molar-refractivity contribution is 8.00.